The molecule has 1 aromatic heterocycles. The second-order valence-electron chi connectivity index (χ2n) is 6.78. The van der Waals surface area contributed by atoms with Crippen LogP contribution in [0.1, 0.15) is 25.5 Å². The Bertz CT molecular complexity index is 812. The maximum Gasteiger partial charge on any atom is 0.490 e. The molecule has 14 heteroatoms. The summed E-state index contributed by atoms with van der Waals surface area (Å²) in [5, 5.41) is 10.4. The number of aromatic nitrogens is 2. The number of carboxylic acid groups (broad SMARTS) is 1. The van der Waals surface area contributed by atoms with Gasteiger partial charge in [-0.25, -0.2) is 9.59 Å². The molecule has 11 nitrogen and oxygen atoms in total. The quantitative estimate of drug-likeness (QED) is 0.530. The fourth-order valence-electron chi connectivity index (χ4n) is 2.86. The van der Waals surface area contributed by atoms with Crippen molar-refractivity contribution < 1.29 is 42.1 Å². The van der Waals surface area contributed by atoms with Gasteiger partial charge >= 0.3 is 23.8 Å². The van der Waals surface area contributed by atoms with Crippen molar-refractivity contribution in [3.8, 4) is 0 Å². The number of anilines is 1. The first-order valence-corrected chi connectivity index (χ1v) is 9.34. The van der Waals surface area contributed by atoms with Gasteiger partial charge in [0.1, 0.15) is 12.4 Å². The number of alkyl halides is 3. The molecule has 1 aromatic rings. The lowest BCUT2D eigenvalue weighted by molar-refractivity contribution is -0.192. The summed E-state index contributed by atoms with van der Waals surface area (Å²) in [5.41, 5.74) is 4.95. The lowest BCUT2D eigenvalue weighted by atomic mass is 9.95. The van der Waals surface area contributed by atoms with Crippen LogP contribution in [0.5, 0.6) is 0 Å². The molecule has 0 bridgehead atoms. The largest absolute Gasteiger partial charge is 0.490 e. The van der Waals surface area contributed by atoms with Crippen molar-refractivity contribution in [2.45, 2.75) is 38.0 Å². The Morgan fingerprint density at radius 1 is 1.35 bits per heavy atom. The van der Waals surface area contributed by atoms with Crippen LogP contribution < -0.4 is 16.7 Å². The zero-order chi connectivity index (χ0) is 23.0. The first kappa shape index (κ1) is 24.6. The van der Waals surface area contributed by atoms with Gasteiger partial charge in [-0.05, 0) is 37.9 Å². The topological polar surface area (TPSA) is 155 Å². The Morgan fingerprint density at radius 2 is 2.00 bits per heavy atom. The molecule has 0 radical (unpaired) electrons. The van der Waals surface area contributed by atoms with Crippen LogP contribution in [-0.4, -0.2) is 65.4 Å². The summed E-state index contributed by atoms with van der Waals surface area (Å²) in [6, 6.07) is 1.51. The van der Waals surface area contributed by atoms with E-state index in [-0.39, 0.29) is 25.0 Å². The van der Waals surface area contributed by atoms with Gasteiger partial charge in [-0.1, -0.05) is 0 Å². The number of halogens is 3. The highest BCUT2D eigenvalue weighted by molar-refractivity contribution is 5.73. The fraction of sp³-hybridized carbons (Fsp3) is 0.647. The number of carbonyl (C=O) groups excluding carboxylic acids is 1. The van der Waals surface area contributed by atoms with Gasteiger partial charge < -0.3 is 30.4 Å². The molecule has 2 aliphatic rings. The minimum absolute atomic E-state index is 0.0114. The van der Waals surface area contributed by atoms with Crippen LogP contribution in [-0.2, 0) is 23.8 Å². The number of hydrogen-bond acceptors (Lipinski definition) is 9. The van der Waals surface area contributed by atoms with Crippen LogP contribution in [0.3, 0.4) is 0 Å². The molecule has 3 rings (SSSR count). The molecule has 3 heterocycles. The Kier molecular flexibility index (Phi) is 8.76. The van der Waals surface area contributed by atoms with Gasteiger partial charge in [0, 0.05) is 12.6 Å². The molecule has 174 valence electrons. The van der Waals surface area contributed by atoms with Crippen molar-refractivity contribution in [1.29, 1.82) is 0 Å². The van der Waals surface area contributed by atoms with Crippen molar-refractivity contribution in [3.05, 3.63) is 22.7 Å². The molecule has 0 aromatic carbocycles. The molecular weight excluding hydrogens is 429 g/mol. The molecule has 2 saturated heterocycles. The highest BCUT2D eigenvalue weighted by Gasteiger charge is 2.38. The number of nitrogens with zero attached hydrogens (tertiary/aromatic N) is 2. The SMILES string of the molecule is Nc1ccn(C2COC(COC(=O)CC3CCNCC3)O2)c(=O)n1.O=C(O)C(F)(F)F. The van der Waals surface area contributed by atoms with Gasteiger partial charge in [-0.2, -0.15) is 18.2 Å². The molecule has 4 N–H and O–H groups in total. The zero-order valence-electron chi connectivity index (χ0n) is 16.3. The summed E-state index contributed by atoms with van der Waals surface area (Å²) in [5.74, 6) is -2.48. The van der Waals surface area contributed by atoms with Gasteiger partial charge in [0.15, 0.2) is 12.5 Å². The molecule has 2 atom stereocenters. The minimum Gasteiger partial charge on any atom is -0.475 e. The van der Waals surface area contributed by atoms with Crippen molar-refractivity contribution in [2.24, 2.45) is 5.92 Å². The normalized spacial score (nSPS) is 21.8. The number of aliphatic carboxylic acids is 1. The minimum atomic E-state index is -5.08. The Morgan fingerprint density at radius 3 is 2.58 bits per heavy atom. The monoisotopic (exact) mass is 452 g/mol. The van der Waals surface area contributed by atoms with Crippen molar-refractivity contribution in [1.82, 2.24) is 14.9 Å². The number of piperidine rings is 1. The second kappa shape index (κ2) is 11.1. The Balaban J connectivity index is 0.000000423. The number of ether oxygens (including phenoxy) is 3. The summed E-state index contributed by atoms with van der Waals surface area (Å²) in [6.07, 6.45) is -2.47. The van der Waals surface area contributed by atoms with Crippen LogP contribution in [0.4, 0.5) is 19.0 Å². The maximum absolute atomic E-state index is 11.9. The lowest BCUT2D eigenvalue weighted by Gasteiger charge is -2.21. The van der Waals surface area contributed by atoms with E-state index in [1.54, 1.807) is 0 Å². The van der Waals surface area contributed by atoms with Gasteiger partial charge in [0.25, 0.3) is 0 Å². The molecule has 0 aliphatic carbocycles. The van der Waals surface area contributed by atoms with Gasteiger partial charge in [-0.15, -0.1) is 0 Å². The fourth-order valence-corrected chi connectivity index (χ4v) is 2.86. The number of esters is 1. The van der Waals surface area contributed by atoms with Crippen molar-refractivity contribution in [2.75, 3.05) is 32.0 Å². The first-order chi connectivity index (χ1) is 14.6. The number of nitrogens with one attached hydrogen (secondary N) is 1. The highest BCUT2D eigenvalue weighted by Crippen LogP contribution is 2.21. The van der Waals surface area contributed by atoms with Crippen molar-refractivity contribution >= 4 is 17.8 Å². The smallest absolute Gasteiger partial charge is 0.475 e. The highest BCUT2D eigenvalue weighted by atomic mass is 19.4. The third kappa shape index (κ3) is 8.15. The molecule has 0 spiro atoms. The number of hydrogen-bond donors (Lipinski definition) is 3. The molecule has 0 saturated carbocycles. The van der Waals surface area contributed by atoms with Gasteiger partial charge in [0.05, 0.1) is 6.61 Å². The van der Waals surface area contributed by atoms with Crippen molar-refractivity contribution in [3.63, 3.8) is 0 Å². The molecule has 2 unspecified atom stereocenters. The summed E-state index contributed by atoms with van der Waals surface area (Å²) in [7, 11) is 0. The van der Waals surface area contributed by atoms with E-state index in [2.05, 4.69) is 10.3 Å². The first-order valence-electron chi connectivity index (χ1n) is 9.34. The van der Waals surface area contributed by atoms with Crippen LogP contribution in [0, 0.1) is 5.92 Å². The lowest BCUT2D eigenvalue weighted by Crippen LogP contribution is -2.30. The van der Waals surface area contributed by atoms with E-state index in [1.807, 2.05) is 0 Å². The van der Waals surface area contributed by atoms with E-state index in [0.29, 0.717) is 12.3 Å². The van der Waals surface area contributed by atoms with E-state index < -0.39 is 30.4 Å². The van der Waals surface area contributed by atoms with Gasteiger partial charge in [-0.3, -0.25) is 9.36 Å². The van der Waals surface area contributed by atoms with E-state index in [9.17, 15) is 22.8 Å². The Labute approximate surface area is 174 Å². The molecule has 2 fully saturated rings. The molecule has 31 heavy (non-hydrogen) atoms. The van der Waals surface area contributed by atoms with Crippen LogP contribution in [0.25, 0.3) is 0 Å². The number of nitrogen functional groups attached to an aromatic ring is 1. The third-order valence-corrected chi connectivity index (χ3v) is 4.43. The van der Waals surface area contributed by atoms with Crippen LogP contribution in [0.2, 0.25) is 0 Å². The zero-order valence-corrected chi connectivity index (χ0v) is 16.3. The third-order valence-electron chi connectivity index (χ3n) is 4.43. The maximum atomic E-state index is 11.9. The van der Waals surface area contributed by atoms with Crippen LogP contribution >= 0.6 is 0 Å². The number of carboxylic acids is 1. The van der Waals surface area contributed by atoms with E-state index in [4.69, 9.17) is 29.8 Å². The molecule has 0 amide bonds. The number of rotatable bonds is 5. The number of nitrogens with two attached hydrogens (primary N) is 1. The number of carbonyl (C=O) groups is 2. The van der Waals surface area contributed by atoms with E-state index >= 15 is 0 Å². The standard InChI is InChI=1S/C15H22N4O5.C2HF3O2/c16-11-3-6-19(15(21)18-11)12-8-23-14(24-12)9-22-13(20)7-10-1-4-17-5-2-10;3-2(4,5)1(6)7/h3,6,10,12,14,17H,1-2,4-5,7-9H2,(H2,16,18,21);(H,6,7). The Hall–Kier alpha value is -2.71. The molecule has 2 aliphatic heterocycles. The summed E-state index contributed by atoms with van der Waals surface area (Å²) < 4.78 is 49.3. The molecular formula is C17H23F3N4O7. The van der Waals surface area contributed by atoms with E-state index in [0.717, 1.165) is 25.9 Å². The van der Waals surface area contributed by atoms with E-state index in [1.165, 1.54) is 16.8 Å². The van der Waals surface area contributed by atoms with Crippen LogP contribution in [0.15, 0.2) is 17.1 Å². The average Bonchev–Trinajstić information content (AvgIpc) is 3.15. The summed E-state index contributed by atoms with van der Waals surface area (Å²) in [4.78, 5) is 36.2. The average molecular weight is 452 g/mol. The van der Waals surface area contributed by atoms with Gasteiger partial charge in [0.2, 0.25) is 0 Å². The predicted molar refractivity (Wildman–Crippen MR) is 97.6 cm³/mol. The predicted octanol–water partition coefficient (Wildman–Crippen LogP) is 0.263. The summed E-state index contributed by atoms with van der Waals surface area (Å²) >= 11 is 0. The second-order valence-corrected chi connectivity index (χ2v) is 6.78. The summed E-state index contributed by atoms with van der Waals surface area (Å²) in [6.45, 7) is 2.08.